The summed E-state index contributed by atoms with van der Waals surface area (Å²) < 4.78 is 38.1. The Morgan fingerprint density at radius 2 is 1.94 bits per heavy atom. The fourth-order valence-corrected chi connectivity index (χ4v) is 1.41. The van der Waals surface area contributed by atoms with E-state index < -0.39 is 23.0 Å². The van der Waals surface area contributed by atoms with Gasteiger partial charge in [-0.25, -0.2) is 4.79 Å². The molecule has 0 aromatic carbocycles. The van der Waals surface area contributed by atoms with Crippen molar-refractivity contribution in [2.75, 3.05) is 0 Å². The lowest BCUT2D eigenvalue weighted by atomic mass is 10.2. The lowest BCUT2D eigenvalue weighted by Crippen LogP contribution is -2.34. The molecule has 0 fully saturated rings. The number of hydrogen-bond acceptors (Lipinski definition) is 2. The number of aryl methyl sites for hydroxylation is 1. The molecule has 4 nitrogen and oxygen atoms in total. The smallest absolute Gasteiger partial charge is 0.300 e. The number of nitrogens with one attached hydrogen (secondary N) is 1. The van der Waals surface area contributed by atoms with Crippen molar-refractivity contribution >= 4 is 0 Å². The maximum absolute atomic E-state index is 12.4. The second-order valence-corrected chi connectivity index (χ2v) is 3.70. The Morgan fingerprint density at radius 1 is 1.29 bits per heavy atom. The first-order valence-electron chi connectivity index (χ1n) is 5.27. The van der Waals surface area contributed by atoms with Crippen LogP contribution in [-0.4, -0.2) is 9.55 Å². The SMILES string of the molecule is CCCCCn1cc(C(F)(F)F)c(=O)[nH]c1=O. The van der Waals surface area contributed by atoms with Crippen molar-refractivity contribution in [3.05, 3.63) is 32.6 Å². The van der Waals surface area contributed by atoms with Gasteiger partial charge in [-0.3, -0.25) is 14.3 Å². The Morgan fingerprint density at radius 3 is 2.47 bits per heavy atom. The molecule has 0 spiro atoms. The predicted molar refractivity (Wildman–Crippen MR) is 55.8 cm³/mol. The van der Waals surface area contributed by atoms with Gasteiger partial charge in [0.05, 0.1) is 0 Å². The number of unbranched alkanes of at least 4 members (excludes halogenated alkanes) is 2. The molecule has 1 rings (SSSR count). The van der Waals surface area contributed by atoms with Gasteiger partial charge in [-0.1, -0.05) is 19.8 Å². The standard InChI is InChI=1S/C10H13F3N2O2/c1-2-3-4-5-15-6-7(10(11,12)13)8(16)14-9(15)17/h6H,2-5H2,1H3,(H,14,16,17). The molecule has 0 amide bonds. The maximum atomic E-state index is 12.4. The van der Waals surface area contributed by atoms with Gasteiger partial charge in [-0.05, 0) is 6.42 Å². The summed E-state index contributed by atoms with van der Waals surface area (Å²) in [6, 6.07) is 0. The van der Waals surface area contributed by atoms with Gasteiger partial charge in [0.25, 0.3) is 5.56 Å². The van der Waals surface area contributed by atoms with Gasteiger partial charge in [0, 0.05) is 12.7 Å². The molecule has 0 atom stereocenters. The summed E-state index contributed by atoms with van der Waals surface area (Å²) in [5.41, 5.74) is -3.54. The van der Waals surface area contributed by atoms with Crippen LogP contribution in [0, 0.1) is 0 Å². The molecule has 0 aliphatic carbocycles. The van der Waals surface area contributed by atoms with Gasteiger partial charge in [0.2, 0.25) is 0 Å². The van der Waals surface area contributed by atoms with Gasteiger partial charge in [-0.15, -0.1) is 0 Å². The van der Waals surface area contributed by atoms with Crippen molar-refractivity contribution in [2.24, 2.45) is 0 Å². The Kier molecular flexibility index (Phi) is 4.14. The molecular formula is C10H13F3N2O2. The van der Waals surface area contributed by atoms with Gasteiger partial charge in [-0.2, -0.15) is 13.2 Å². The lowest BCUT2D eigenvalue weighted by molar-refractivity contribution is -0.139. The molecule has 0 unspecified atom stereocenters. The molecule has 1 N–H and O–H groups in total. The van der Waals surface area contributed by atoms with Gasteiger partial charge in [0.1, 0.15) is 5.56 Å². The molecule has 96 valence electrons. The molecule has 0 aliphatic heterocycles. The molecule has 0 saturated carbocycles. The van der Waals surface area contributed by atoms with Crippen molar-refractivity contribution in [3.63, 3.8) is 0 Å². The van der Waals surface area contributed by atoms with Crippen LogP contribution in [0.15, 0.2) is 15.8 Å². The molecule has 1 heterocycles. The first-order valence-corrected chi connectivity index (χ1v) is 5.27. The highest BCUT2D eigenvalue weighted by Crippen LogP contribution is 2.25. The molecule has 0 bridgehead atoms. The van der Waals surface area contributed by atoms with E-state index in [1.807, 2.05) is 6.92 Å². The van der Waals surface area contributed by atoms with E-state index in [2.05, 4.69) is 0 Å². The van der Waals surface area contributed by atoms with Gasteiger partial charge < -0.3 is 0 Å². The zero-order chi connectivity index (χ0) is 13.1. The van der Waals surface area contributed by atoms with Crippen molar-refractivity contribution in [1.82, 2.24) is 9.55 Å². The normalized spacial score (nSPS) is 11.8. The monoisotopic (exact) mass is 250 g/mol. The maximum Gasteiger partial charge on any atom is 0.423 e. The summed E-state index contributed by atoms with van der Waals surface area (Å²) in [7, 11) is 0. The molecule has 1 aromatic heterocycles. The largest absolute Gasteiger partial charge is 0.423 e. The van der Waals surface area contributed by atoms with Crippen LogP contribution < -0.4 is 11.2 Å². The Hall–Kier alpha value is -1.53. The molecule has 7 heteroatoms. The lowest BCUT2D eigenvalue weighted by Gasteiger charge is -2.09. The van der Waals surface area contributed by atoms with Crippen LogP contribution in [0.3, 0.4) is 0 Å². The number of halogens is 3. The molecular weight excluding hydrogens is 237 g/mol. The number of aromatic nitrogens is 2. The number of aromatic amines is 1. The Bertz CT molecular complexity index is 488. The summed E-state index contributed by atoms with van der Waals surface area (Å²) in [5.74, 6) is 0. The third kappa shape index (κ3) is 3.47. The van der Waals surface area contributed by atoms with E-state index >= 15 is 0 Å². The van der Waals surface area contributed by atoms with Crippen LogP contribution in [0.4, 0.5) is 13.2 Å². The Labute approximate surface area is 95.1 Å². The second-order valence-electron chi connectivity index (χ2n) is 3.70. The van der Waals surface area contributed by atoms with Crippen LogP contribution in [0.5, 0.6) is 0 Å². The summed E-state index contributed by atoms with van der Waals surface area (Å²) in [6.45, 7) is 2.11. The van der Waals surface area contributed by atoms with Crippen LogP contribution in [0.25, 0.3) is 0 Å². The van der Waals surface area contributed by atoms with Crippen LogP contribution in [0.2, 0.25) is 0 Å². The van der Waals surface area contributed by atoms with E-state index in [1.54, 1.807) is 4.98 Å². The fraction of sp³-hybridized carbons (Fsp3) is 0.600. The van der Waals surface area contributed by atoms with E-state index in [-0.39, 0.29) is 6.54 Å². The highest BCUT2D eigenvalue weighted by molar-refractivity contribution is 5.08. The Balaban J connectivity index is 3.07. The number of H-pyrrole nitrogens is 1. The third-order valence-corrected chi connectivity index (χ3v) is 2.32. The van der Waals surface area contributed by atoms with Gasteiger partial charge >= 0.3 is 11.9 Å². The highest BCUT2D eigenvalue weighted by atomic mass is 19.4. The summed E-state index contributed by atoms with van der Waals surface area (Å²) >= 11 is 0. The zero-order valence-corrected chi connectivity index (χ0v) is 9.30. The third-order valence-electron chi connectivity index (χ3n) is 2.32. The molecule has 0 saturated heterocycles. The minimum absolute atomic E-state index is 0.173. The quantitative estimate of drug-likeness (QED) is 0.827. The number of alkyl halides is 3. The average molecular weight is 250 g/mol. The van der Waals surface area contributed by atoms with Crippen molar-refractivity contribution in [3.8, 4) is 0 Å². The van der Waals surface area contributed by atoms with Crippen molar-refractivity contribution in [1.29, 1.82) is 0 Å². The molecule has 17 heavy (non-hydrogen) atoms. The van der Waals surface area contributed by atoms with E-state index in [4.69, 9.17) is 0 Å². The summed E-state index contributed by atoms with van der Waals surface area (Å²) in [5, 5.41) is 0. The fourth-order valence-electron chi connectivity index (χ4n) is 1.41. The van der Waals surface area contributed by atoms with Crippen LogP contribution in [0.1, 0.15) is 31.7 Å². The predicted octanol–water partition coefficient (Wildman–Crippen LogP) is 1.75. The van der Waals surface area contributed by atoms with E-state index in [9.17, 15) is 22.8 Å². The number of rotatable bonds is 4. The molecule has 0 aliphatic rings. The minimum atomic E-state index is -4.74. The van der Waals surface area contributed by atoms with Crippen LogP contribution in [-0.2, 0) is 12.7 Å². The summed E-state index contributed by atoms with van der Waals surface area (Å²) in [6.07, 6.45) is -1.86. The van der Waals surface area contributed by atoms with Gasteiger partial charge in [0.15, 0.2) is 0 Å². The minimum Gasteiger partial charge on any atom is -0.300 e. The first kappa shape index (κ1) is 13.5. The van der Waals surface area contributed by atoms with E-state index in [0.29, 0.717) is 12.6 Å². The van der Waals surface area contributed by atoms with E-state index in [1.165, 1.54) is 0 Å². The first-order chi connectivity index (χ1) is 7.86. The molecule has 1 aromatic rings. The highest BCUT2D eigenvalue weighted by Gasteiger charge is 2.34. The zero-order valence-electron chi connectivity index (χ0n) is 9.30. The number of hydrogen-bond donors (Lipinski definition) is 1. The molecule has 0 radical (unpaired) electrons. The van der Waals surface area contributed by atoms with Crippen LogP contribution >= 0.6 is 0 Å². The van der Waals surface area contributed by atoms with E-state index in [0.717, 1.165) is 17.4 Å². The van der Waals surface area contributed by atoms with Crippen molar-refractivity contribution < 1.29 is 13.2 Å². The summed E-state index contributed by atoms with van der Waals surface area (Å²) in [4.78, 5) is 23.9. The average Bonchev–Trinajstić information content (AvgIpc) is 2.19. The van der Waals surface area contributed by atoms with Crippen molar-refractivity contribution in [2.45, 2.75) is 38.9 Å². The second kappa shape index (κ2) is 5.20. The topological polar surface area (TPSA) is 54.9 Å². The number of nitrogens with zero attached hydrogens (tertiary/aromatic N) is 1.